The van der Waals surface area contributed by atoms with E-state index in [9.17, 15) is 18.0 Å². The molecule has 0 aliphatic carbocycles. The monoisotopic (exact) mass is 627 g/mol. The molecular weight excluding hydrogens is 583 g/mol. The van der Waals surface area contributed by atoms with Gasteiger partial charge < -0.3 is 14.5 Å². The van der Waals surface area contributed by atoms with E-state index >= 15 is 0 Å². The number of methoxy groups -OCH3 is 1. The molecule has 0 bridgehead atoms. The van der Waals surface area contributed by atoms with Crippen LogP contribution in [0.5, 0.6) is 0 Å². The smallest absolute Gasteiger partial charge is 0.392 e. The molecule has 1 amide bonds. The maximum Gasteiger partial charge on any atom is 0.416 e. The summed E-state index contributed by atoms with van der Waals surface area (Å²) < 4.78 is 44.9. The molecule has 45 heavy (non-hydrogen) atoms. The first-order chi connectivity index (χ1) is 21.4. The number of amides is 1. The molecule has 0 N–H and O–H groups in total. The lowest BCUT2D eigenvalue weighted by Gasteiger charge is -2.52. The Morgan fingerprint density at radius 3 is 2.29 bits per heavy atom. The van der Waals surface area contributed by atoms with E-state index in [2.05, 4.69) is 28.7 Å². The number of hydrogen-bond donors (Lipinski definition) is 0. The lowest BCUT2D eigenvalue weighted by molar-refractivity contribution is -0.137. The zero-order chi connectivity index (χ0) is 32.4. The summed E-state index contributed by atoms with van der Waals surface area (Å²) in [5, 5.41) is 4.50. The third-order valence-corrected chi connectivity index (χ3v) is 9.58. The number of piperidine rings is 1. The van der Waals surface area contributed by atoms with Crippen molar-refractivity contribution in [2.45, 2.75) is 70.9 Å². The van der Waals surface area contributed by atoms with Crippen LogP contribution in [0, 0.1) is 13.8 Å². The molecule has 0 radical (unpaired) electrons. The zero-order valence-electron chi connectivity index (χ0n) is 26.8. The summed E-state index contributed by atoms with van der Waals surface area (Å²) in [5.41, 5.74) is 3.09. The van der Waals surface area contributed by atoms with Crippen LogP contribution in [0.1, 0.15) is 71.2 Å². The molecule has 0 saturated carbocycles. The van der Waals surface area contributed by atoms with Gasteiger partial charge in [0.1, 0.15) is 6.61 Å². The van der Waals surface area contributed by atoms with Crippen LogP contribution in [0.2, 0.25) is 0 Å². The molecule has 0 spiro atoms. The summed E-state index contributed by atoms with van der Waals surface area (Å²) in [6, 6.07) is 15.3. The number of carbonyl (C=O) groups excluding carboxylic acids is 1. The lowest BCUT2D eigenvalue weighted by Crippen LogP contribution is -2.62. The number of piperazine rings is 1. The van der Waals surface area contributed by atoms with E-state index in [-0.39, 0.29) is 23.5 Å². The van der Waals surface area contributed by atoms with Gasteiger partial charge in [-0.1, -0.05) is 42.5 Å². The van der Waals surface area contributed by atoms with E-state index in [1.807, 2.05) is 49.1 Å². The van der Waals surface area contributed by atoms with Crippen LogP contribution in [-0.2, 0) is 17.5 Å². The molecule has 11 heteroatoms. The Morgan fingerprint density at radius 1 is 1.02 bits per heavy atom. The van der Waals surface area contributed by atoms with Crippen molar-refractivity contribution >= 4 is 5.91 Å². The van der Waals surface area contributed by atoms with Crippen LogP contribution < -0.4 is 4.84 Å². The summed E-state index contributed by atoms with van der Waals surface area (Å²) in [6.07, 6.45) is -2.66. The minimum absolute atomic E-state index is 0.0150. The number of ether oxygens (including phenoxy) is 1. The first-order valence-electron chi connectivity index (χ1n) is 15.6. The summed E-state index contributed by atoms with van der Waals surface area (Å²) in [7, 11) is 1.62. The number of benzene rings is 2. The van der Waals surface area contributed by atoms with Crippen LogP contribution in [0.15, 0.2) is 54.6 Å². The van der Waals surface area contributed by atoms with Gasteiger partial charge in [0.25, 0.3) is 5.91 Å². The predicted molar refractivity (Wildman–Crippen MR) is 166 cm³/mol. The van der Waals surface area contributed by atoms with Gasteiger partial charge >= 0.3 is 6.18 Å². The molecule has 2 aromatic carbocycles. The van der Waals surface area contributed by atoms with Gasteiger partial charge in [0.05, 0.1) is 35.2 Å². The Labute approximate surface area is 263 Å². The average molecular weight is 628 g/mol. The van der Waals surface area contributed by atoms with Gasteiger partial charge in [0, 0.05) is 51.4 Å². The van der Waals surface area contributed by atoms with Gasteiger partial charge in [0.2, 0.25) is 0 Å². The highest BCUT2D eigenvalue weighted by atomic mass is 19.4. The Morgan fingerprint density at radius 2 is 1.69 bits per heavy atom. The van der Waals surface area contributed by atoms with Gasteiger partial charge in [-0.05, 0) is 63.8 Å². The molecule has 2 aliphatic rings. The third kappa shape index (κ3) is 7.21. The van der Waals surface area contributed by atoms with E-state index in [4.69, 9.17) is 9.57 Å². The van der Waals surface area contributed by atoms with Gasteiger partial charge in [-0.2, -0.15) is 13.2 Å². The van der Waals surface area contributed by atoms with Crippen molar-refractivity contribution in [3.05, 3.63) is 88.2 Å². The van der Waals surface area contributed by atoms with Crippen molar-refractivity contribution in [2.24, 2.45) is 0 Å². The molecule has 244 valence electrons. The van der Waals surface area contributed by atoms with E-state index in [1.54, 1.807) is 19.2 Å². The largest absolute Gasteiger partial charge is 0.416 e. The van der Waals surface area contributed by atoms with Crippen molar-refractivity contribution in [3.63, 3.8) is 0 Å². The predicted octanol–water partition coefficient (Wildman–Crippen LogP) is 5.54. The number of rotatable bonds is 9. The Kier molecular flexibility index (Phi) is 9.91. The van der Waals surface area contributed by atoms with E-state index in [0.717, 1.165) is 55.7 Å². The number of halogens is 3. The molecule has 3 aromatic rings. The van der Waals surface area contributed by atoms with E-state index < -0.39 is 11.7 Å². The number of likely N-dealkylation sites (tertiary alicyclic amines) is 1. The van der Waals surface area contributed by atoms with Crippen molar-refractivity contribution in [3.8, 4) is 0 Å². The number of carbonyl (C=O) groups is 1. The van der Waals surface area contributed by atoms with Gasteiger partial charge in [-0.25, -0.2) is 0 Å². The molecule has 1 aromatic heterocycles. The molecule has 3 heterocycles. The second-order valence-electron chi connectivity index (χ2n) is 12.6. The molecule has 2 aliphatic heterocycles. The molecule has 2 atom stereocenters. The number of alkyl halides is 3. The summed E-state index contributed by atoms with van der Waals surface area (Å²) in [6.45, 7) is 12.7. The minimum atomic E-state index is -4.36. The standard InChI is InChI=1S/C34H44F3N5O3/c1-24-21-40(19-20-41(24)30(23-44-5)28-11-13-29(14-12-28)34(35,36)37)33(4)15-17-39(18-16-33)32(43)31-25(2)38-42(26(31)3)45-22-27-9-7-6-8-10-27/h6-14,24,30H,15-23H2,1-5H3. The fraction of sp³-hybridized carbons (Fsp3) is 0.529. The fourth-order valence-corrected chi connectivity index (χ4v) is 6.79. The quantitative estimate of drug-likeness (QED) is 0.311. The van der Waals surface area contributed by atoms with Gasteiger partial charge in [-0.3, -0.25) is 14.6 Å². The molecule has 2 fully saturated rings. The highest BCUT2D eigenvalue weighted by molar-refractivity contribution is 5.96. The molecule has 2 saturated heterocycles. The maximum absolute atomic E-state index is 13.7. The number of aromatic nitrogens is 2. The normalized spacial score (nSPS) is 20.3. The second-order valence-corrected chi connectivity index (χ2v) is 12.6. The van der Waals surface area contributed by atoms with Crippen LogP contribution >= 0.6 is 0 Å². The topological polar surface area (TPSA) is 63.1 Å². The van der Waals surface area contributed by atoms with Crippen molar-refractivity contribution < 1.29 is 27.5 Å². The zero-order valence-corrected chi connectivity index (χ0v) is 26.8. The van der Waals surface area contributed by atoms with Crippen molar-refractivity contribution in [1.29, 1.82) is 0 Å². The van der Waals surface area contributed by atoms with Crippen LogP contribution in [0.25, 0.3) is 0 Å². The fourth-order valence-electron chi connectivity index (χ4n) is 6.79. The number of aryl methyl sites for hydroxylation is 1. The van der Waals surface area contributed by atoms with Gasteiger partial charge in [-0.15, -0.1) is 9.94 Å². The van der Waals surface area contributed by atoms with Crippen LogP contribution in [0.4, 0.5) is 13.2 Å². The van der Waals surface area contributed by atoms with E-state index in [1.165, 1.54) is 4.85 Å². The summed E-state index contributed by atoms with van der Waals surface area (Å²) >= 11 is 0. The van der Waals surface area contributed by atoms with Crippen molar-refractivity contribution in [2.75, 3.05) is 46.4 Å². The first kappa shape index (κ1) is 33.0. The number of nitrogens with zero attached hydrogens (tertiary/aromatic N) is 5. The third-order valence-electron chi connectivity index (χ3n) is 9.58. The average Bonchev–Trinajstić information content (AvgIpc) is 3.31. The first-order valence-corrected chi connectivity index (χ1v) is 15.6. The summed E-state index contributed by atoms with van der Waals surface area (Å²) in [5.74, 6) is -0.0150. The second kappa shape index (κ2) is 13.5. The van der Waals surface area contributed by atoms with Crippen LogP contribution in [-0.4, -0.2) is 88.6 Å². The SMILES string of the molecule is COCC(c1ccc(C(F)(F)F)cc1)N1CCN(C2(C)CCN(C(=O)c3c(C)nn(OCc4ccccc4)c3C)CC2)CC1C. The molecule has 8 nitrogen and oxygen atoms in total. The number of hydrogen-bond acceptors (Lipinski definition) is 6. The highest BCUT2D eigenvalue weighted by Gasteiger charge is 2.42. The van der Waals surface area contributed by atoms with Crippen LogP contribution in [0.3, 0.4) is 0 Å². The van der Waals surface area contributed by atoms with Crippen molar-refractivity contribution in [1.82, 2.24) is 24.6 Å². The summed E-state index contributed by atoms with van der Waals surface area (Å²) in [4.78, 5) is 27.8. The maximum atomic E-state index is 13.7. The Bertz CT molecular complexity index is 1440. The Balaban J connectivity index is 1.19. The Hall–Kier alpha value is -3.41. The minimum Gasteiger partial charge on any atom is -0.392 e. The molecule has 5 rings (SSSR count). The lowest BCUT2D eigenvalue weighted by atomic mass is 9.86. The highest BCUT2D eigenvalue weighted by Crippen LogP contribution is 2.35. The molecule has 2 unspecified atom stereocenters. The van der Waals surface area contributed by atoms with E-state index in [0.29, 0.717) is 43.3 Å². The molecular formula is C34H44F3N5O3. The van der Waals surface area contributed by atoms with Gasteiger partial charge in [0.15, 0.2) is 0 Å².